The molecule has 5 heteroatoms. The number of nitrogens with zero attached hydrogens (tertiary/aromatic N) is 2. The monoisotopic (exact) mass is 333 g/mol. The van der Waals surface area contributed by atoms with Crippen LogP contribution in [0.25, 0.3) is 0 Å². The van der Waals surface area contributed by atoms with E-state index in [0.29, 0.717) is 25.7 Å². The van der Waals surface area contributed by atoms with Gasteiger partial charge >= 0.3 is 6.03 Å². The summed E-state index contributed by atoms with van der Waals surface area (Å²) in [5.74, 6) is 0. The SMILES string of the molecule is C[C@@H](CCNC(=O)N1CCOCC[C@@H]1C)N(C)Cc1ccccc1. The van der Waals surface area contributed by atoms with Gasteiger partial charge in [-0.05, 0) is 39.3 Å². The van der Waals surface area contributed by atoms with E-state index >= 15 is 0 Å². The molecule has 0 aliphatic carbocycles. The van der Waals surface area contributed by atoms with Crippen LogP contribution in [0.4, 0.5) is 4.79 Å². The molecule has 0 radical (unpaired) electrons. The van der Waals surface area contributed by atoms with Crippen molar-refractivity contribution in [3.8, 4) is 0 Å². The molecular weight excluding hydrogens is 302 g/mol. The Morgan fingerprint density at radius 1 is 1.38 bits per heavy atom. The summed E-state index contributed by atoms with van der Waals surface area (Å²) in [4.78, 5) is 16.6. The van der Waals surface area contributed by atoms with Gasteiger partial charge in [-0.15, -0.1) is 0 Å². The third kappa shape index (κ3) is 5.80. The lowest BCUT2D eigenvalue weighted by atomic mass is 10.1. The van der Waals surface area contributed by atoms with Crippen LogP contribution in [-0.2, 0) is 11.3 Å². The highest BCUT2D eigenvalue weighted by Gasteiger charge is 2.22. The first-order valence-corrected chi connectivity index (χ1v) is 8.94. The summed E-state index contributed by atoms with van der Waals surface area (Å²) in [6, 6.07) is 11.2. The second-order valence-electron chi connectivity index (χ2n) is 6.71. The fraction of sp³-hybridized carbons (Fsp3) is 0.632. The standard InChI is InChI=1S/C19H31N3O2/c1-16(21(3)15-18-7-5-4-6-8-18)9-11-20-19(23)22-12-14-24-13-10-17(22)2/h4-8,16-17H,9-15H2,1-3H3,(H,20,23)/t16-,17-/m0/s1. The summed E-state index contributed by atoms with van der Waals surface area (Å²) < 4.78 is 5.45. The zero-order chi connectivity index (χ0) is 17.4. The Balaban J connectivity index is 1.71. The van der Waals surface area contributed by atoms with Crippen molar-refractivity contribution in [2.75, 3.05) is 33.4 Å². The Kier molecular flexibility index (Phi) is 7.53. The molecule has 0 spiro atoms. The molecule has 1 aliphatic heterocycles. The van der Waals surface area contributed by atoms with E-state index in [0.717, 1.165) is 26.0 Å². The predicted molar refractivity (Wildman–Crippen MR) is 97.0 cm³/mol. The molecule has 1 fully saturated rings. The highest BCUT2D eigenvalue weighted by atomic mass is 16.5. The molecule has 2 rings (SSSR count). The second kappa shape index (κ2) is 9.64. The Morgan fingerprint density at radius 2 is 2.12 bits per heavy atom. The Morgan fingerprint density at radius 3 is 2.88 bits per heavy atom. The summed E-state index contributed by atoms with van der Waals surface area (Å²) in [5.41, 5.74) is 1.31. The molecule has 2 amide bonds. The summed E-state index contributed by atoms with van der Waals surface area (Å²) in [6.45, 7) is 7.97. The maximum atomic E-state index is 12.3. The maximum Gasteiger partial charge on any atom is 0.317 e. The van der Waals surface area contributed by atoms with Crippen molar-refractivity contribution in [2.24, 2.45) is 0 Å². The number of carbonyl (C=O) groups is 1. The van der Waals surface area contributed by atoms with Gasteiger partial charge < -0.3 is 15.0 Å². The van der Waals surface area contributed by atoms with E-state index in [2.05, 4.69) is 55.4 Å². The number of benzene rings is 1. The lowest BCUT2D eigenvalue weighted by Gasteiger charge is -2.28. The number of amides is 2. The summed E-state index contributed by atoms with van der Waals surface area (Å²) >= 11 is 0. The van der Waals surface area contributed by atoms with Gasteiger partial charge in [0.05, 0.1) is 6.61 Å². The van der Waals surface area contributed by atoms with E-state index < -0.39 is 0 Å². The van der Waals surface area contributed by atoms with Crippen LogP contribution in [0.3, 0.4) is 0 Å². The largest absolute Gasteiger partial charge is 0.380 e. The van der Waals surface area contributed by atoms with Crippen LogP contribution < -0.4 is 5.32 Å². The third-order valence-corrected chi connectivity index (χ3v) is 4.81. The molecule has 2 atom stereocenters. The zero-order valence-electron chi connectivity index (χ0n) is 15.2. The summed E-state index contributed by atoms with van der Waals surface area (Å²) in [6.07, 6.45) is 1.84. The van der Waals surface area contributed by atoms with Crippen LogP contribution >= 0.6 is 0 Å². The summed E-state index contributed by atoms with van der Waals surface area (Å²) in [7, 11) is 2.13. The van der Waals surface area contributed by atoms with Crippen molar-refractivity contribution in [3.05, 3.63) is 35.9 Å². The first-order valence-electron chi connectivity index (χ1n) is 8.94. The van der Waals surface area contributed by atoms with Crippen molar-refractivity contribution in [3.63, 3.8) is 0 Å². The van der Waals surface area contributed by atoms with Crippen LogP contribution in [-0.4, -0.2) is 61.3 Å². The van der Waals surface area contributed by atoms with E-state index in [1.807, 2.05) is 11.0 Å². The molecule has 0 aromatic heterocycles. The van der Waals surface area contributed by atoms with Gasteiger partial charge in [0.2, 0.25) is 0 Å². The van der Waals surface area contributed by atoms with Gasteiger partial charge in [0.1, 0.15) is 0 Å². The van der Waals surface area contributed by atoms with Gasteiger partial charge in [-0.25, -0.2) is 4.79 Å². The number of rotatable bonds is 6. The van der Waals surface area contributed by atoms with Crippen molar-refractivity contribution < 1.29 is 9.53 Å². The fourth-order valence-electron chi connectivity index (χ4n) is 2.93. The van der Waals surface area contributed by atoms with Gasteiger partial charge in [-0.3, -0.25) is 4.90 Å². The van der Waals surface area contributed by atoms with E-state index in [4.69, 9.17) is 4.74 Å². The lowest BCUT2D eigenvalue weighted by molar-refractivity contribution is 0.141. The number of carbonyl (C=O) groups excluding carboxylic acids is 1. The zero-order valence-corrected chi connectivity index (χ0v) is 15.2. The Bertz CT molecular complexity index is 495. The molecule has 0 bridgehead atoms. The first kappa shape index (κ1) is 18.7. The fourth-order valence-corrected chi connectivity index (χ4v) is 2.93. The molecule has 1 aromatic rings. The molecule has 0 unspecified atom stereocenters. The normalized spacial score (nSPS) is 19.8. The average molecular weight is 333 g/mol. The Labute approximate surface area is 146 Å². The molecule has 1 aromatic carbocycles. The number of urea groups is 1. The van der Waals surface area contributed by atoms with Crippen LogP contribution in [0, 0.1) is 0 Å². The average Bonchev–Trinajstić information content (AvgIpc) is 2.80. The lowest BCUT2D eigenvalue weighted by Crippen LogP contribution is -2.46. The number of nitrogens with one attached hydrogen (secondary N) is 1. The van der Waals surface area contributed by atoms with Gasteiger partial charge in [0.15, 0.2) is 0 Å². The number of hydrogen-bond acceptors (Lipinski definition) is 3. The molecule has 0 saturated carbocycles. The molecule has 1 aliphatic rings. The molecule has 24 heavy (non-hydrogen) atoms. The highest BCUT2D eigenvalue weighted by Crippen LogP contribution is 2.10. The highest BCUT2D eigenvalue weighted by molar-refractivity contribution is 5.74. The van der Waals surface area contributed by atoms with E-state index in [1.165, 1.54) is 5.56 Å². The summed E-state index contributed by atoms with van der Waals surface area (Å²) in [5, 5.41) is 3.06. The number of ether oxygens (including phenoxy) is 1. The minimum absolute atomic E-state index is 0.0333. The first-order chi connectivity index (χ1) is 11.6. The van der Waals surface area contributed by atoms with Crippen LogP contribution in [0.5, 0.6) is 0 Å². The molecule has 1 heterocycles. The molecule has 1 N–H and O–H groups in total. The van der Waals surface area contributed by atoms with Crippen molar-refractivity contribution >= 4 is 6.03 Å². The molecule has 134 valence electrons. The van der Waals surface area contributed by atoms with Crippen LogP contribution in [0.15, 0.2) is 30.3 Å². The quantitative estimate of drug-likeness (QED) is 0.870. The topological polar surface area (TPSA) is 44.8 Å². The van der Waals surface area contributed by atoms with E-state index in [-0.39, 0.29) is 12.1 Å². The van der Waals surface area contributed by atoms with Gasteiger partial charge in [0, 0.05) is 38.3 Å². The molecular formula is C19H31N3O2. The third-order valence-electron chi connectivity index (χ3n) is 4.81. The minimum Gasteiger partial charge on any atom is -0.380 e. The smallest absolute Gasteiger partial charge is 0.317 e. The Hall–Kier alpha value is -1.59. The van der Waals surface area contributed by atoms with Gasteiger partial charge in [0.25, 0.3) is 0 Å². The number of hydrogen-bond donors (Lipinski definition) is 1. The van der Waals surface area contributed by atoms with E-state index in [9.17, 15) is 4.79 Å². The van der Waals surface area contributed by atoms with Crippen molar-refractivity contribution in [1.82, 2.24) is 15.1 Å². The van der Waals surface area contributed by atoms with Gasteiger partial charge in [-0.1, -0.05) is 30.3 Å². The molecule has 1 saturated heterocycles. The van der Waals surface area contributed by atoms with Crippen molar-refractivity contribution in [1.29, 1.82) is 0 Å². The van der Waals surface area contributed by atoms with Crippen LogP contribution in [0.2, 0.25) is 0 Å². The second-order valence-corrected chi connectivity index (χ2v) is 6.71. The van der Waals surface area contributed by atoms with E-state index in [1.54, 1.807) is 0 Å². The van der Waals surface area contributed by atoms with Crippen LogP contribution in [0.1, 0.15) is 32.3 Å². The molecule has 5 nitrogen and oxygen atoms in total. The van der Waals surface area contributed by atoms with Gasteiger partial charge in [-0.2, -0.15) is 0 Å². The minimum atomic E-state index is 0.0333. The predicted octanol–water partition coefficient (Wildman–Crippen LogP) is 2.72. The maximum absolute atomic E-state index is 12.3. The van der Waals surface area contributed by atoms with Crippen molar-refractivity contribution in [2.45, 2.75) is 45.3 Å².